The van der Waals surface area contributed by atoms with E-state index in [1.807, 2.05) is 0 Å². The molecule has 1 aromatic carbocycles. The first kappa shape index (κ1) is 22.9. The van der Waals surface area contributed by atoms with Gasteiger partial charge in [0.2, 0.25) is 5.91 Å². The number of rotatable bonds is 6. The number of halogens is 1. The molecule has 1 spiro atoms. The van der Waals surface area contributed by atoms with Crippen LogP contribution in [0.1, 0.15) is 53.4 Å². The summed E-state index contributed by atoms with van der Waals surface area (Å²) in [5, 5.41) is 7.28. The lowest BCUT2D eigenvalue weighted by Gasteiger charge is -2.46. The molecule has 1 amide bonds. The number of anilines is 1. The standard InChI is InChI=1S/C23H35FN4OS/c1-5-17(4)15-28-21(29)20(14-16(2)3)26-23(28)10-12-27(13-11-23)22(30)25-19-9-7-6-8-18(19)24/h6-9,16-17,20,26H,5,10-15H2,1-4H3,(H,25,30). The minimum atomic E-state index is -0.312. The van der Waals surface area contributed by atoms with Crippen molar-refractivity contribution in [3.63, 3.8) is 0 Å². The summed E-state index contributed by atoms with van der Waals surface area (Å²) in [6.07, 6.45) is 3.53. The Labute approximate surface area is 185 Å². The average molecular weight is 435 g/mol. The zero-order valence-electron chi connectivity index (χ0n) is 18.6. The Morgan fingerprint density at radius 1 is 1.30 bits per heavy atom. The Morgan fingerprint density at radius 2 is 1.97 bits per heavy atom. The number of benzene rings is 1. The van der Waals surface area contributed by atoms with Gasteiger partial charge in [0, 0.05) is 32.5 Å². The largest absolute Gasteiger partial charge is 0.349 e. The molecule has 0 radical (unpaired) electrons. The van der Waals surface area contributed by atoms with Gasteiger partial charge in [-0.15, -0.1) is 0 Å². The van der Waals surface area contributed by atoms with E-state index in [1.54, 1.807) is 18.2 Å². The number of thiocarbonyl (C=S) groups is 1. The van der Waals surface area contributed by atoms with Crippen LogP contribution in [-0.4, -0.2) is 52.2 Å². The van der Waals surface area contributed by atoms with E-state index in [4.69, 9.17) is 12.2 Å². The quantitative estimate of drug-likeness (QED) is 0.657. The molecule has 166 valence electrons. The number of hydrogen-bond donors (Lipinski definition) is 2. The lowest BCUT2D eigenvalue weighted by molar-refractivity contribution is -0.134. The molecule has 0 bridgehead atoms. The first-order valence-corrected chi connectivity index (χ1v) is 11.6. The molecule has 2 fully saturated rings. The van der Waals surface area contributed by atoms with Crippen LogP contribution in [-0.2, 0) is 4.79 Å². The fourth-order valence-corrected chi connectivity index (χ4v) is 4.74. The minimum absolute atomic E-state index is 0.107. The van der Waals surface area contributed by atoms with Crippen molar-refractivity contribution in [2.45, 2.75) is 65.1 Å². The van der Waals surface area contributed by atoms with Gasteiger partial charge in [0.25, 0.3) is 0 Å². The van der Waals surface area contributed by atoms with Crippen molar-refractivity contribution in [2.24, 2.45) is 11.8 Å². The lowest BCUT2D eigenvalue weighted by atomic mass is 9.94. The Kier molecular flexibility index (Phi) is 7.34. The van der Waals surface area contributed by atoms with E-state index in [9.17, 15) is 9.18 Å². The highest BCUT2D eigenvalue weighted by Gasteiger charge is 2.51. The molecule has 7 heteroatoms. The molecule has 2 aliphatic heterocycles. The van der Waals surface area contributed by atoms with E-state index in [-0.39, 0.29) is 23.4 Å². The Balaban J connectivity index is 1.69. The summed E-state index contributed by atoms with van der Waals surface area (Å²) in [5.74, 6) is 0.856. The third-order valence-corrected chi connectivity index (χ3v) is 6.78. The van der Waals surface area contributed by atoms with Gasteiger partial charge in [-0.1, -0.05) is 46.2 Å². The first-order chi connectivity index (χ1) is 14.3. The fraction of sp³-hybridized carbons (Fsp3) is 0.652. The summed E-state index contributed by atoms with van der Waals surface area (Å²) in [5.41, 5.74) is 0.0943. The van der Waals surface area contributed by atoms with Gasteiger partial charge in [-0.3, -0.25) is 10.1 Å². The maximum atomic E-state index is 14.0. The summed E-state index contributed by atoms with van der Waals surface area (Å²) < 4.78 is 14.0. The molecule has 2 heterocycles. The van der Waals surface area contributed by atoms with Gasteiger partial charge >= 0.3 is 0 Å². The zero-order valence-corrected chi connectivity index (χ0v) is 19.4. The monoisotopic (exact) mass is 434 g/mol. The normalized spacial score (nSPS) is 22.1. The van der Waals surface area contributed by atoms with Crippen molar-refractivity contribution in [1.82, 2.24) is 15.1 Å². The van der Waals surface area contributed by atoms with Crippen LogP contribution < -0.4 is 10.6 Å². The van der Waals surface area contributed by atoms with Crippen molar-refractivity contribution in [3.8, 4) is 0 Å². The van der Waals surface area contributed by atoms with Gasteiger partial charge in [0.15, 0.2) is 5.11 Å². The molecule has 30 heavy (non-hydrogen) atoms. The van der Waals surface area contributed by atoms with Crippen LogP contribution in [0.15, 0.2) is 24.3 Å². The highest BCUT2D eigenvalue weighted by atomic mass is 32.1. The summed E-state index contributed by atoms with van der Waals surface area (Å²) >= 11 is 5.55. The SMILES string of the molecule is CCC(C)CN1C(=O)C(CC(C)C)NC12CCN(C(=S)Nc1ccccc1F)CC2. The lowest BCUT2D eigenvalue weighted by Crippen LogP contribution is -2.60. The van der Waals surface area contributed by atoms with Crippen LogP contribution in [0.4, 0.5) is 10.1 Å². The first-order valence-electron chi connectivity index (χ1n) is 11.2. The second kappa shape index (κ2) is 9.60. The second-order valence-corrected chi connectivity index (χ2v) is 9.60. The molecular weight excluding hydrogens is 399 g/mol. The van der Waals surface area contributed by atoms with Gasteiger partial charge in [-0.05, 0) is 42.6 Å². The maximum absolute atomic E-state index is 14.0. The Morgan fingerprint density at radius 3 is 2.57 bits per heavy atom. The number of nitrogens with zero attached hydrogens (tertiary/aromatic N) is 2. The summed E-state index contributed by atoms with van der Waals surface area (Å²) in [6, 6.07) is 6.45. The van der Waals surface area contributed by atoms with E-state index in [0.717, 1.165) is 45.3 Å². The summed E-state index contributed by atoms with van der Waals surface area (Å²) in [4.78, 5) is 17.4. The van der Waals surface area contributed by atoms with E-state index in [2.05, 4.69) is 48.1 Å². The molecule has 3 rings (SSSR count). The second-order valence-electron chi connectivity index (χ2n) is 9.22. The molecule has 5 nitrogen and oxygen atoms in total. The van der Waals surface area contributed by atoms with Gasteiger partial charge in [0.05, 0.1) is 17.4 Å². The van der Waals surface area contributed by atoms with Crippen LogP contribution in [0, 0.1) is 17.7 Å². The number of para-hydroxylation sites is 1. The fourth-order valence-electron chi connectivity index (χ4n) is 4.45. The molecule has 0 aromatic heterocycles. The summed E-state index contributed by atoms with van der Waals surface area (Å²) in [6.45, 7) is 10.9. The average Bonchev–Trinajstić information content (AvgIpc) is 2.94. The predicted molar refractivity (Wildman–Crippen MR) is 124 cm³/mol. The van der Waals surface area contributed by atoms with Crippen molar-refractivity contribution in [3.05, 3.63) is 30.1 Å². The predicted octanol–water partition coefficient (Wildman–Crippen LogP) is 4.21. The number of piperidine rings is 1. The minimum Gasteiger partial charge on any atom is -0.349 e. The maximum Gasteiger partial charge on any atom is 0.241 e. The molecule has 2 N–H and O–H groups in total. The molecule has 2 atom stereocenters. The molecule has 0 saturated carbocycles. The number of carbonyl (C=O) groups is 1. The van der Waals surface area contributed by atoms with Crippen molar-refractivity contribution in [2.75, 3.05) is 25.0 Å². The van der Waals surface area contributed by atoms with Gasteiger partial charge in [-0.2, -0.15) is 0 Å². The molecule has 2 saturated heterocycles. The molecule has 2 unspecified atom stereocenters. The van der Waals surface area contributed by atoms with E-state index in [1.165, 1.54) is 6.07 Å². The number of nitrogens with one attached hydrogen (secondary N) is 2. The third-order valence-electron chi connectivity index (χ3n) is 6.42. The van der Waals surface area contributed by atoms with Gasteiger partial charge in [-0.25, -0.2) is 4.39 Å². The molecule has 1 aromatic rings. The van der Waals surface area contributed by atoms with E-state index < -0.39 is 0 Å². The highest BCUT2D eigenvalue weighted by Crippen LogP contribution is 2.35. The van der Waals surface area contributed by atoms with Gasteiger partial charge in [0.1, 0.15) is 5.82 Å². The van der Waals surface area contributed by atoms with Crippen LogP contribution >= 0.6 is 12.2 Å². The van der Waals surface area contributed by atoms with Crippen LogP contribution in [0.25, 0.3) is 0 Å². The topological polar surface area (TPSA) is 47.6 Å². The molecule has 0 aliphatic carbocycles. The van der Waals surface area contributed by atoms with E-state index in [0.29, 0.717) is 22.6 Å². The zero-order chi connectivity index (χ0) is 21.9. The van der Waals surface area contributed by atoms with Crippen LogP contribution in [0.5, 0.6) is 0 Å². The number of amides is 1. The Bertz CT molecular complexity index is 763. The van der Waals surface area contributed by atoms with Crippen LogP contribution in [0.2, 0.25) is 0 Å². The number of carbonyl (C=O) groups excluding carboxylic acids is 1. The third kappa shape index (κ3) is 4.94. The smallest absolute Gasteiger partial charge is 0.241 e. The van der Waals surface area contributed by atoms with E-state index >= 15 is 0 Å². The highest BCUT2D eigenvalue weighted by molar-refractivity contribution is 7.80. The molecular formula is C23H35FN4OS. The molecule has 2 aliphatic rings. The van der Waals surface area contributed by atoms with Gasteiger partial charge < -0.3 is 15.1 Å². The van der Waals surface area contributed by atoms with Crippen molar-refractivity contribution < 1.29 is 9.18 Å². The van der Waals surface area contributed by atoms with Crippen molar-refractivity contribution >= 4 is 28.9 Å². The van der Waals surface area contributed by atoms with Crippen molar-refractivity contribution in [1.29, 1.82) is 0 Å². The number of likely N-dealkylation sites (tertiary alicyclic amines) is 1. The Hall–Kier alpha value is -1.73. The number of hydrogen-bond acceptors (Lipinski definition) is 3. The van der Waals surface area contributed by atoms with Crippen LogP contribution in [0.3, 0.4) is 0 Å². The summed E-state index contributed by atoms with van der Waals surface area (Å²) in [7, 11) is 0.